The first-order chi connectivity index (χ1) is 20.5. The highest BCUT2D eigenvalue weighted by atomic mass is 19.4. The van der Waals surface area contributed by atoms with Crippen LogP contribution in [0.5, 0.6) is 0 Å². The number of carbonyl (C=O) groups is 2. The van der Waals surface area contributed by atoms with Crippen molar-refractivity contribution in [3.8, 4) is 0 Å². The van der Waals surface area contributed by atoms with E-state index in [0.717, 1.165) is 66.5 Å². The topological polar surface area (TPSA) is 59.1 Å². The fourth-order valence-corrected chi connectivity index (χ4v) is 4.74. The van der Waals surface area contributed by atoms with Crippen LogP contribution in [0.3, 0.4) is 0 Å². The highest BCUT2D eigenvalue weighted by Gasteiger charge is 2.44. The van der Waals surface area contributed by atoms with Crippen LogP contribution in [0.2, 0.25) is 0 Å². The monoisotopic (exact) mass is 632 g/mol. The molecule has 44 heavy (non-hydrogen) atoms. The van der Waals surface area contributed by atoms with Gasteiger partial charge in [-0.25, -0.2) is 9.59 Å². The molecule has 0 bridgehead atoms. The van der Waals surface area contributed by atoms with Crippen LogP contribution < -0.4 is 9.80 Å². The lowest BCUT2D eigenvalue weighted by atomic mass is 9.97. The van der Waals surface area contributed by atoms with Crippen molar-refractivity contribution in [3.63, 3.8) is 0 Å². The molecule has 0 aromatic heterocycles. The molecule has 6 nitrogen and oxygen atoms in total. The summed E-state index contributed by atoms with van der Waals surface area (Å²) >= 11 is 0. The predicted octanol–water partition coefficient (Wildman–Crippen LogP) is 7.37. The van der Waals surface area contributed by atoms with Gasteiger partial charge in [0, 0.05) is 11.4 Å². The zero-order valence-corrected chi connectivity index (χ0v) is 22.6. The number of hydrogen-bond acceptors (Lipinski definition) is 6. The van der Waals surface area contributed by atoms with Gasteiger partial charge in [0.05, 0.1) is 43.0 Å². The summed E-state index contributed by atoms with van der Waals surface area (Å²) in [4.78, 5) is 28.0. The van der Waals surface area contributed by atoms with Crippen LogP contribution in [0.4, 0.5) is 50.9 Å². The smallest absolute Gasteiger partial charge is 0.416 e. The number of anilines is 2. The lowest BCUT2D eigenvalue weighted by Gasteiger charge is -2.47. The highest BCUT2D eigenvalue weighted by Crippen LogP contribution is 2.45. The van der Waals surface area contributed by atoms with E-state index in [0.29, 0.717) is 30.3 Å². The number of methoxy groups -OCH3 is 2. The minimum atomic E-state index is -4.92. The van der Waals surface area contributed by atoms with Crippen LogP contribution in [0, 0.1) is 0 Å². The van der Waals surface area contributed by atoms with E-state index in [9.17, 15) is 49.1 Å². The normalized spacial score (nSPS) is 16.2. The van der Waals surface area contributed by atoms with Gasteiger partial charge in [-0.3, -0.25) is 0 Å². The van der Waals surface area contributed by atoms with Gasteiger partial charge in [-0.15, -0.1) is 0 Å². The van der Waals surface area contributed by atoms with E-state index in [1.807, 2.05) is 0 Å². The van der Waals surface area contributed by atoms with E-state index in [1.165, 1.54) is 0 Å². The molecule has 234 valence electrons. The maximum absolute atomic E-state index is 13.8. The average Bonchev–Trinajstić information content (AvgIpc) is 2.98. The molecule has 0 N–H and O–H groups in total. The zero-order valence-electron chi connectivity index (χ0n) is 22.6. The van der Waals surface area contributed by atoms with Gasteiger partial charge in [0.25, 0.3) is 0 Å². The molecule has 15 heteroatoms. The Balaban J connectivity index is 2.13. The maximum atomic E-state index is 13.8. The zero-order chi connectivity index (χ0) is 32.6. The fraction of sp³-hybridized carbons (Fsp3) is 0.241. The molecule has 4 rings (SSSR count). The van der Waals surface area contributed by atoms with Gasteiger partial charge in [0.1, 0.15) is 11.9 Å². The number of ether oxygens (including phenoxy) is 2. The third kappa shape index (κ3) is 6.45. The average molecular weight is 632 g/mol. The summed E-state index contributed by atoms with van der Waals surface area (Å²) < 4.78 is 133. The Morgan fingerprint density at radius 2 is 1.11 bits per heavy atom. The third-order valence-corrected chi connectivity index (χ3v) is 6.67. The van der Waals surface area contributed by atoms with Gasteiger partial charge in [-0.2, -0.15) is 39.5 Å². The molecule has 0 fully saturated rings. The van der Waals surface area contributed by atoms with Crippen molar-refractivity contribution in [2.24, 2.45) is 0 Å². The van der Waals surface area contributed by atoms with Crippen LogP contribution in [-0.2, 0) is 37.6 Å². The molecule has 1 heterocycles. The van der Waals surface area contributed by atoms with Crippen molar-refractivity contribution >= 4 is 23.3 Å². The molecule has 0 unspecified atom stereocenters. The molecule has 1 aliphatic heterocycles. The Morgan fingerprint density at radius 1 is 0.659 bits per heavy atom. The summed E-state index contributed by atoms with van der Waals surface area (Å²) in [6.07, 6.45) is -16.4. The van der Waals surface area contributed by atoms with Crippen molar-refractivity contribution in [1.82, 2.24) is 0 Å². The van der Waals surface area contributed by atoms with Crippen LogP contribution in [0.15, 0.2) is 84.1 Å². The summed E-state index contributed by atoms with van der Waals surface area (Å²) in [5, 5.41) is 0. The first-order valence-corrected chi connectivity index (χ1v) is 12.4. The number of carbonyl (C=O) groups excluding carboxylic acids is 2. The fourth-order valence-electron chi connectivity index (χ4n) is 4.74. The number of halogens is 9. The molecule has 0 amide bonds. The Morgan fingerprint density at radius 3 is 1.61 bits per heavy atom. The number of rotatable bonds is 5. The maximum Gasteiger partial charge on any atom is 0.416 e. The summed E-state index contributed by atoms with van der Waals surface area (Å²) in [6.45, 7) is -0.714. The first kappa shape index (κ1) is 32.2. The van der Waals surface area contributed by atoms with Gasteiger partial charge in [0.15, 0.2) is 0 Å². The second-order valence-electron chi connectivity index (χ2n) is 9.40. The molecule has 0 aliphatic carbocycles. The summed E-state index contributed by atoms with van der Waals surface area (Å²) in [7, 11) is 1.82. The number of hydrogen-bond donors (Lipinski definition) is 0. The molecule has 0 saturated heterocycles. The molecule has 0 radical (unpaired) electrons. The van der Waals surface area contributed by atoms with Crippen molar-refractivity contribution in [2.45, 2.75) is 24.7 Å². The Kier molecular flexibility index (Phi) is 8.62. The minimum absolute atomic E-state index is 0.287. The number of nitrogens with zero attached hydrogens (tertiary/aromatic N) is 2. The lowest BCUT2D eigenvalue weighted by molar-refractivity contribution is -0.139. The van der Waals surface area contributed by atoms with Gasteiger partial charge >= 0.3 is 30.5 Å². The van der Waals surface area contributed by atoms with Gasteiger partial charge < -0.3 is 19.3 Å². The van der Waals surface area contributed by atoms with Gasteiger partial charge in [0.2, 0.25) is 0 Å². The number of esters is 2. The van der Waals surface area contributed by atoms with Gasteiger partial charge in [-0.1, -0.05) is 24.3 Å². The van der Waals surface area contributed by atoms with E-state index < -0.39 is 76.8 Å². The SMILES string of the molecule is COC(=O)C1=C(C(=O)OC)N(c2cccc(C(F)(F)F)c2)[C@@H](c2cccc(C(F)(F)F)c2)N(c2cccc(C(F)(F)F)c2)C1. The quantitative estimate of drug-likeness (QED) is 0.216. The number of alkyl halides is 9. The van der Waals surface area contributed by atoms with E-state index in [4.69, 9.17) is 9.47 Å². The van der Waals surface area contributed by atoms with E-state index in [-0.39, 0.29) is 11.3 Å². The van der Waals surface area contributed by atoms with E-state index in [1.54, 1.807) is 0 Å². The standard InChI is InChI=1S/C29H21F9N2O4/c1-43-25(41)22-15-39(20-10-4-8-18(13-20)28(33,34)35)24(16-6-3-7-17(12-16)27(30,31)32)40(23(22)26(42)44-2)21-11-5-9-19(14-21)29(36,37)38/h3-14,24H,15H2,1-2H3/t24-/m0/s1. The Bertz CT molecular complexity index is 1600. The first-order valence-electron chi connectivity index (χ1n) is 12.4. The van der Waals surface area contributed by atoms with Crippen LogP contribution in [-0.4, -0.2) is 32.7 Å². The molecule has 3 aromatic rings. The van der Waals surface area contributed by atoms with Crippen molar-refractivity contribution < 1.29 is 58.6 Å². The van der Waals surface area contributed by atoms with Crippen molar-refractivity contribution in [2.75, 3.05) is 30.6 Å². The number of benzene rings is 3. The highest BCUT2D eigenvalue weighted by molar-refractivity contribution is 6.04. The van der Waals surface area contributed by atoms with Crippen LogP contribution in [0.1, 0.15) is 28.4 Å². The van der Waals surface area contributed by atoms with Gasteiger partial charge in [-0.05, 0) is 54.1 Å². The lowest BCUT2D eigenvalue weighted by Crippen LogP contribution is -2.50. The van der Waals surface area contributed by atoms with Crippen molar-refractivity contribution in [3.05, 3.63) is 106 Å². The summed E-state index contributed by atoms with van der Waals surface area (Å²) in [5.74, 6) is -2.47. The largest absolute Gasteiger partial charge is 0.466 e. The van der Waals surface area contributed by atoms with E-state index >= 15 is 0 Å². The summed E-state index contributed by atoms with van der Waals surface area (Å²) in [6, 6.07) is 10.4. The minimum Gasteiger partial charge on any atom is -0.466 e. The Labute approximate surface area is 243 Å². The Hall–Kier alpha value is -4.69. The molecular formula is C29H21F9N2O4. The molecule has 0 saturated carbocycles. The molecular weight excluding hydrogens is 611 g/mol. The van der Waals surface area contributed by atoms with Crippen LogP contribution in [0.25, 0.3) is 0 Å². The predicted molar refractivity (Wildman–Crippen MR) is 138 cm³/mol. The van der Waals surface area contributed by atoms with E-state index in [2.05, 4.69) is 0 Å². The molecule has 3 aromatic carbocycles. The summed E-state index contributed by atoms with van der Waals surface area (Å²) in [5.41, 5.74) is -5.83. The van der Waals surface area contributed by atoms with Crippen molar-refractivity contribution in [1.29, 1.82) is 0 Å². The second-order valence-corrected chi connectivity index (χ2v) is 9.40. The van der Waals surface area contributed by atoms with Crippen LogP contribution >= 0.6 is 0 Å². The molecule has 0 spiro atoms. The second kappa shape index (κ2) is 11.8. The molecule has 1 aliphatic rings. The third-order valence-electron chi connectivity index (χ3n) is 6.67. The molecule has 1 atom stereocenters.